The highest BCUT2D eigenvalue weighted by atomic mass is 16.4. The SMILES string of the molecule is O=C(O)c1ccc2cccc(-c3nccc4ccccc34)c2c1. The standard InChI is InChI=1S/C20H13NO2/c22-20(23)15-9-8-13-5-3-7-17(18(13)12-15)19-16-6-2-1-4-14(16)10-11-21-19/h1-12H,(H,22,23). The molecule has 0 aliphatic heterocycles. The minimum atomic E-state index is -0.924. The molecule has 110 valence electrons. The zero-order chi connectivity index (χ0) is 15.8. The number of hydrogen-bond acceptors (Lipinski definition) is 2. The van der Waals surface area contributed by atoms with Crippen LogP contribution in [0.3, 0.4) is 0 Å². The molecule has 0 aliphatic rings. The van der Waals surface area contributed by atoms with Crippen molar-refractivity contribution in [3.8, 4) is 11.3 Å². The third-order valence-electron chi connectivity index (χ3n) is 4.06. The van der Waals surface area contributed by atoms with Crippen molar-refractivity contribution in [3.63, 3.8) is 0 Å². The van der Waals surface area contributed by atoms with Gasteiger partial charge in [-0.05, 0) is 34.4 Å². The molecule has 3 nitrogen and oxygen atoms in total. The second-order valence-corrected chi connectivity index (χ2v) is 5.43. The second-order valence-electron chi connectivity index (χ2n) is 5.43. The lowest BCUT2D eigenvalue weighted by atomic mass is 9.97. The zero-order valence-corrected chi connectivity index (χ0v) is 12.2. The maximum absolute atomic E-state index is 11.3. The van der Waals surface area contributed by atoms with Gasteiger partial charge in [0.2, 0.25) is 0 Å². The van der Waals surface area contributed by atoms with Crippen molar-refractivity contribution >= 4 is 27.5 Å². The molecule has 4 aromatic rings. The van der Waals surface area contributed by atoms with Crippen LogP contribution < -0.4 is 0 Å². The third kappa shape index (κ3) is 2.23. The van der Waals surface area contributed by atoms with Gasteiger partial charge in [-0.1, -0.05) is 48.5 Å². The van der Waals surface area contributed by atoms with Crippen LogP contribution in [-0.2, 0) is 0 Å². The van der Waals surface area contributed by atoms with E-state index in [4.69, 9.17) is 0 Å². The van der Waals surface area contributed by atoms with E-state index < -0.39 is 5.97 Å². The fourth-order valence-electron chi connectivity index (χ4n) is 2.95. The average molecular weight is 299 g/mol. The monoisotopic (exact) mass is 299 g/mol. The molecule has 0 saturated heterocycles. The Morgan fingerprint density at radius 1 is 0.826 bits per heavy atom. The van der Waals surface area contributed by atoms with Gasteiger partial charge in [0.05, 0.1) is 11.3 Å². The van der Waals surface area contributed by atoms with Crippen LogP contribution in [0.15, 0.2) is 72.9 Å². The van der Waals surface area contributed by atoms with Gasteiger partial charge in [0.1, 0.15) is 0 Å². The number of carboxylic acid groups (broad SMARTS) is 1. The summed E-state index contributed by atoms with van der Waals surface area (Å²) >= 11 is 0. The molecule has 0 bridgehead atoms. The summed E-state index contributed by atoms with van der Waals surface area (Å²) in [6.07, 6.45) is 1.79. The molecule has 0 atom stereocenters. The molecule has 1 N–H and O–H groups in total. The lowest BCUT2D eigenvalue weighted by Gasteiger charge is -2.10. The highest BCUT2D eigenvalue weighted by Crippen LogP contribution is 2.32. The molecule has 4 rings (SSSR count). The first-order valence-corrected chi connectivity index (χ1v) is 7.34. The predicted molar refractivity (Wildman–Crippen MR) is 91.6 cm³/mol. The number of hydrogen-bond donors (Lipinski definition) is 1. The van der Waals surface area contributed by atoms with Gasteiger partial charge in [-0.15, -0.1) is 0 Å². The quantitative estimate of drug-likeness (QED) is 0.581. The van der Waals surface area contributed by atoms with Crippen molar-refractivity contribution in [2.75, 3.05) is 0 Å². The van der Waals surface area contributed by atoms with Gasteiger partial charge < -0.3 is 5.11 Å². The Balaban J connectivity index is 2.08. The number of nitrogens with zero attached hydrogens (tertiary/aromatic N) is 1. The number of aromatic nitrogens is 1. The normalized spacial score (nSPS) is 11.0. The first kappa shape index (κ1) is 13.5. The van der Waals surface area contributed by atoms with E-state index in [2.05, 4.69) is 4.98 Å². The summed E-state index contributed by atoms with van der Waals surface area (Å²) in [5.41, 5.74) is 2.10. The number of carbonyl (C=O) groups is 1. The van der Waals surface area contributed by atoms with E-state index in [0.29, 0.717) is 0 Å². The molecule has 0 aliphatic carbocycles. The summed E-state index contributed by atoms with van der Waals surface area (Å²) in [6.45, 7) is 0. The fourth-order valence-corrected chi connectivity index (χ4v) is 2.95. The molecule has 0 amide bonds. The van der Waals surface area contributed by atoms with E-state index in [1.165, 1.54) is 0 Å². The molecule has 0 fully saturated rings. The second kappa shape index (κ2) is 5.21. The van der Waals surface area contributed by atoms with Gasteiger partial charge in [0.25, 0.3) is 0 Å². The summed E-state index contributed by atoms with van der Waals surface area (Å²) in [5.74, 6) is -0.924. The molecular formula is C20H13NO2. The minimum absolute atomic E-state index is 0.283. The molecule has 1 heterocycles. The first-order valence-electron chi connectivity index (χ1n) is 7.34. The molecule has 0 saturated carbocycles. The van der Waals surface area contributed by atoms with Crippen molar-refractivity contribution in [2.45, 2.75) is 0 Å². The summed E-state index contributed by atoms with van der Waals surface area (Å²) in [6, 6.07) is 21.2. The highest BCUT2D eigenvalue weighted by molar-refractivity contribution is 6.05. The Bertz CT molecular complexity index is 1050. The lowest BCUT2D eigenvalue weighted by Crippen LogP contribution is -1.96. The summed E-state index contributed by atoms with van der Waals surface area (Å²) in [7, 11) is 0. The van der Waals surface area contributed by atoms with Crippen LogP contribution in [0.2, 0.25) is 0 Å². The Hall–Kier alpha value is -3.20. The Morgan fingerprint density at radius 2 is 1.61 bits per heavy atom. The number of pyridine rings is 1. The van der Waals surface area contributed by atoms with Gasteiger partial charge in [-0.2, -0.15) is 0 Å². The van der Waals surface area contributed by atoms with Crippen molar-refractivity contribution in [1.29, 1.82) is 0 Å². The van der Waals surface area contributed by atoms with E-state index >= 15 is 0 Å². The molecule has 23 heavy (non-hydrogen) atoms. The van der Waals surface area contributed by atoms with Crippen LogP contribution in [0.4, 0.5) is 0 Å². The van der Waals surface area contributed by atoms with Gasteiger partial charge in [0, 0.05) is 17.1 Å². The summed E-state index contributed by atoms with van der Waals surface area (Å²) in [4.78, 5) is 15.8. The van der Waals surface area contributed by atoms with Crippen LogP contribution in [0.1, 0.15) is 10.4 Å². The number of benzene rings is 3. The van der Waals surface area contributed by atoms with E-state index in [0.717, 1.165) is 32.8 Å². The number of aromatic carboxylic acids is 1. The van der Waals surface area contributed by atoms with E-state index in [-0.39, 0.29) is 5.56 Å². The molecule has 0 radical (unpaired) electrons. The maximum atomic E-state index is 11.3. The van der Waals surface area contributed by atoms with Crippen LogP contribution in [0, 0.1) is 0 Å². The first-order chi connectivity index (χ1) is 11.2. The summed E-state index contributed by atoms with van der Waals surface area (Å²) < 4.78 is 0. The number of fused-ring (bicyclic) bond motifs is 2. The molecule has 3 heteroatoms. The Morgan fingerprint density at radius 3 is 2.48 bits per heavy atom. The van der Waals surface area contributed by atoms with Crippen LogP contribution in [0.25, 0.3) is 32.8 Å². The van der Waals surface area contributed by atoms with Gasteiger partial charge >= 0.3 is 5.97 Å². The lowest BCUT2D eigenvalue weighted by molar-refractivity contribution is 0.0697. The fraction of sp³-hybridized carbons (Fsp3) is 0. The molecule has 0 unspecified atom stereocenters. The number of rotatable bonds is 2. The van der Waals surface area contributed by atoms with E-state index in [1.807, 2.05) is 54.6 Å². The Kier molecular flexibility index (Phi) is 3.05. The molecule has 1 aromatic heterocycles. The Labute approximate surface area is 132 Å². The zero-order valence-electron chi connectivity index (χ0n) is 12.2. The summed E-state index contributed by atoms with van der Waals surface area (Å²) in [5, 5.41) is 13.3. The van der Waals surface area contributed by atoms with Crippen LogP contribution >= 0.6 is 0 Å². The average Bonchev–Trinajstić information content (AvgIpc) is 2.60. The third-order valence-corrected chi connectivity index (χ3v) is 4.06. The van der Waals surface area contributed by atoms with Crippen molar-refractivity contribution in [2.24, 2.45) is 0 Å². The van der Waals surface area contributed by atoms with Crippen molar-refractivity contribution in [3.05, 3.63) is 78.5 Å². The van der Waals surface area contributed by atoms with E-state index in [1.54, 1.807) is 18.3 Å². The van der Waals surface area contributed by atoms with E-state index in [9.17, 15) is 9.90 Å². The van der Waals surface area contributed by atoms with Gasteiger partial charge in [-0.3, -0.25) is 4.98 Å². The van der Waals surface area contributed by atoms with Crippen molar-refractivity contribution < 1.29 is 9.90 Å². The largest absolute Gasteiger partial charge is 0.478 e. The van der Waals surface area contributed by atoms with Crippen molar-refractivity contribution in [1.82, 2.24) is 4.98 Å². The van der Waals surface area contributed by atoms with Crippen LogP contribution in [-0.4, -0.2) is 16.1 Å². The number of carboxylic acids is 1. The highest BCUT2D eigenvalue weighted by Gasteiger charge is 2.11. The smallest absolute Gasteiger partial charge is 0.335 e. The molecule has 3 aromatic carbocycles. The minimum Gasteiger partial charge on any atom is -0.478 e. The predicted octanol–water partition coefficient (Wildman–Crippen LogP) is 4.75. The maximum Gasteiger partial charge on any atom is 0.335 e. The van der Waals surface area contributed by atoms with Crippen LogP contribution in [0.5, 0.6) is 0 Å². The van der Waals surface area contributed by atoms with Gasteiger partial charge in [-0.25, -0.2) is 4.79 Å². The topological polar surface area (TPSA) is 50.2 Å². The molecule has 0 spiro atoms. The van der Waals surface area contributed by atoms with Gasteiger partial charge in [0.15, 0.2) is 0 Å². The molecular weight excluding hydrogens is 286 g/mol.